The average molecular weight is 1290 g/mol. The first kappa shape index (κ1) is 63.2. The first-order valence-corrected chi connectivity index (χ1v) is 33.7. The fourth-order valence-corrected chi connectivity index (χ4v) is 16.2. The highest BCUT2D eigenvalue weighted by Crippen LogP contribution is 2.61. The number of anilines is 4. The van der Waals surface area contributed by atoms with E-state index in [1.165, 1.54) is 22.3 Å². The van der Waals surface area contributed by atoms with Gasteiger partial charge in [-0.15, -0.1) is 32.9 Å². The van der Waals surface area contributed by atoms with E-state index in [2.05, 4.69) is 57.8 Å². The number of aromatic nitrogens is 5. The highest BCUT2D eigenvalue weighted by atomic mass is 32.1. The zero-order valence-corrected chi connectivity index (χ0v) is 54.3. The molecule has 91 heavy (non-hydrogen) atoms. The van der Waals surface area contributed by atoms with E-state index in [9.17, 15) is 34.2 Å². The maximum atomic E-state index is 15.3. The van der Waals surface area contributed by atoms with Crippen molar-refractivity contribution in [3.05, 3.63) is 117 Å². The molecule has 0 radical (unpaired) electrons. The van der Waals surface area contributed by atoms with Crippen LogP contribution < -0.4 is 25.6 Å². The van der Waals surface area contributed by atoms with E-state index in [-0.39, 0.29) is 72.0 Å². The maximum Gasteiger partial charge on any atom is 0.355 e. The largest absolute Gasteiger partial charge is 0.491 e. The Morgan fingerprint density at radius 3 is 2.37 bits per heavy atom. The number of ether oxygens (including phenoxy) is 1. The lowest BCUT2D eigenvalue weighted by atomic mass is 9.48. The number of carbonyl (C=O) groups excluding carboxylic acids is 4. The van der Waals surface area contributed by atoms with E-state index in [4.69, 9.17) is 4.74 Å². The first-order valence-electron chi connectivity index (χ1n) is 31.2. The summed E-state index contributed by atoms with van der Waals surface area (Å²) in [6.45, 7) is 15.2. The Hall–Kier alpha value is -7.95. The topological polar surface area (TPSA) is 249 Å². The number of nitrogens with one attached hydrogen (secondary N) is 3. The third kappa shape index (κ3) is 13.7. The summed E-state index contributed by atoms with van der Waals surface area (Å²) in [5, 5.41) is 40.8. The highest BCUT2D eigenvalue weighted by molar-refractivity contribution is 7.22. The van der Waals surface area contributed by atoms with E-state index in [1.54, 1.807) is 34.8 Å². The number of amides is 4. The van der Waals surface area contributed by atoms with Gasteiger partial charge >= 0.3 is 5.97 Å². The predicted molar refractivity (Wildman–Crippen MR) is 348 cm³/mol. The number of rotatable bonds is 18. The van der Waals surface area contributed by atoms with Gasteiger partial charge in [0.15, 0.2) is 39.2 Å². The lowest BCUT2D eigenvalue weighted by Crippen LogP contribution is -2.61. The minimum Gasteiger partial charge on any atom is -0.491 e. The molecule has 1 spiro atoms. The van der Waals surface area contributed by atoms with Gasteiger partial charge in [0.2, 0.25) is 23.6 Å². The molecule has 4 fully saturated rings. The molecular weight excluding hydrogens is 1220 g/mol. The molecule has 5 aliphatic rings. The number of carboxylic acid groups (broad SMARTS) is 1. The molecule has 12 rings (SSSR count). The van der Waals surface area contributed by atoms with Crippen molar-refractivity contribution >= 4 is 95.7 Å². The van der Waals surface area contributed by atoms with Crippen LogP contribution in [0.2, 0.25) is 0 Å². The summed E-state index contributed by atoms with van der Waals surface area (Å²) in [6.07, 6.45) is 4.35. The van der Waals surface area contributed by atoms with Crippen molar-refractivity contribution in [1.29, 1.82) is 0 Å². The number of halogens is 1. The molecule has 20 nitrogen and oxygen atoms in total. The first-order chi connectivity index (χ1) is 43.7. The summed E-state index contributed by atoms with van der Waals surface area (Å²) in [5.41, 5.74) is 7.31. The molecule has 7 heterocycles. The molecule has 1 unspecified atom stereocenters. The lowest BCUT2D eigenvalue weighted by molar-refractivity contribution is -0.158. The Morgan fingerprint density at radius 2 is 1.66 bits per heavy atom. The van der Waals surface area contributed by atoms with Crippen LogP contribution in [0.4, 0.5) is 26.3 Å². The second-order valence-corrected chi connectivity index (χ2v) is 28.9. The standard InChI is InChI=1S/C67H75FN12O8S3/c1-38-47-13-10-24-79(58(47)76-75-57(38)74-64-71-49-14-7-8-15-52(49)90-64)65-72-54(63(86)87)53(91-65)16-11-29-88-51-22-17-41(30-48(51)68)12-9-23-77-25-27-78(28-26-77)61(84)45-34-67(35-45)32-44(33-67)59(82)73-56(66(4,5)6)62(85)80-36-46(81)31-50(80)60(83)70-39(2)42-18-20-43(21-19-42)55-40(3)69-37-89-55/h7-8,14-15,17-22,30,37,39,44-46,50,56,81H,10-11,13,16,23-29,31-36H2,1-6H3,(H,70,83)(H,73,82)(H,86,87)(H,71,74,75)/t39-,44?,45?,46+,50-,56?,67?/m0/s1. The van der Waals surface area contributed by atoms with E-state index in [0.29, 0.717) is 92.2 Å². The van der Waals surface area contributed by atoms with E-state index in [1.807, 2.05) is 105 Å². The highest BCUT2D eigenvalue weighted by Gasteiger charge is 2.57. The van der Waals surface area contributed by atoms with Crippen LogP contribution in [0, 0.1) is 54.2 Å². The monoisotopic (exact) mass is 1290 g/mol. The van der Waals surface area contributed by atoms with Crippen molar-refractivity contribution in [2.45, 2.75) is 124 Å². The van der Waals surface area contributed by atoms with Crippen molar-refractivity contribution < 1.29 is 43.3 Å². The third-order valence-electron chi connectivity index (χ3n) is 18.5. The second kappa shape index (κ2) is 26.3. The molecule has 2 saturated heterocycles. The molecule has 2 aliphatic carbocycles. The molecule has 3 aromatic carbocycles. The van der Waals surface area contributed by atoms with Gasteiger partial charge in [-0.3, -0.25) is 24.1 Å². The number of para-hydroxylation sites is 1. The SMILES string of the molecule is Cc1ncsc1-c1ccc([C@H](C)NC(=O)[C@@H]2C[C@@H](O)CN2C(=O)C(NC(=O)C2CC3(C2)CC(C(=O)N2CCN(CC#Cc4ccc(OCCCc5sc(N6CCCc7c6nnc(Nc6nc8ccccc8s6)c7C)nc5C(=O)O)c(F)c4)CC2)C3)C(C)(C)C)cc1. The van der Waals surface area contributed by atoms with E-state index < -0.39 is 41.3 Å². The molecule has 7 aromatic rings. The zero-order chi connectivity index (χ0) is 63.9. The Balaban J connectivity index is 0.559. The van der Waals surface area contributed by atoms with Crippen LogP contribution >= 0.6 is 34.0 Å². The van der Waals surface area contributed by atoms with Gasteiger partial charge in [-0.05, 0) is 124 Å². The molecule has 0 bridgehead atoms. The Bertz CT molecular complexity index is 3930. The van der Waals surface area contributed by atoms with Crippen LogP contribution in [-0.2, 0) is 32.0 Å². The minimum absolute atomic E-state index is 0.0117. The number of aliphatic hydroxyl groups is 1. The number of fused-ring (bicyclic) bond motifs is 2. The Kier molecular flexibility index (Phi) is 18.3. The number of carbonyl (C=O) groups is 5. The fraction of sp³-hybridized carbons (Fsp3) is 0.463. The lowest BCUT2D eigenvalue weighted by Gasteiger charge is -2.57. The molecule has 5 N–H and O–H groups in total. The van der Waals surface area contributed by atoms with E-state index >= 15 is 4.39 Å². The number of benzene rings is 3. The summed E-state index contributed by atoms with van der Waals surface area (Å²) < 4.78 is 22.2. The van der Waals surface area contributed by atoms with Crippen LogP contribution in [-0.4, -0.2) is 150 Å². The number of hydrogen-bond donors (Lipinski definition) is 5. The summed E-state index contributed by atoms with van der Waals surface area (Å²) >= 11 is 4.42. The normalized spacial score (nSPS) is 21.3. The molecule has 4 amide bonds. The molecule has 3 aliphatic heterocycles. The van der Waals surface area contributed by atoms with Crippen LogP contribution in [0.5, 0.6) is 5.75 Å². The number of thiazole rings is 3. The molecule has 24 heteroatoms. The molecular formula is C67H75FN12O8S3. The minimum atomic E-state index is -1.13. The quantitative estimate of drug-likeness (QED) is 0.0396. The number of β-amino-alcohol motifs (C(OH)–C–C–N with tert-alkyl or cyclic N) is 1. The molecule has 4 aromatic heterocycles. The van der Waals surface area contributed by atoms with Crippen molar-refractivity contribution in [1.82, 2.24) is 50.5 Å². The predicted octanol–water partition coefficient (Wildman–Crippen LogP) is 9.63. The number of aromatic carboxylic acids is 1. The summed E-state index contributed by atoms with van der Waals surface area (Å²) in [7, 11) is 0. The Labute approximate surface area is 540 Å². The van der Waals surface area contributed by atoms with Gasteiger partial charge in [-0.25, -0.2) is 24.1 Å². The molecule has 2 saturated carbocycles. The average Bonchev–Trinajstić information content (AvgIpc) is 1.33. The fourth-order valence-electron chi connectivity index (χ4n) is 13.4. The number of aliphatic hydroxyl groups excluding tert-OH is 1. The zero-order valence-electron chi connectivity index (χ0n) is 51.9. The number of aryl methyl sites for hydroxylation is 2. The van der Waals surface area contributed by atoms with Gasteiger partial charge in [-0.2, -0.15) is 0 Å². The van der Waals surface area contributed by atoms with E-state index in [0.717, 1.165) is 73.9 Å². The number of carboxylic acids is 1. The van der Waals surface area contributed by atoms with Gasteiger partial charge in [0.05, 0.1) is 51.6 Å². The number of hydrogen-bond acceptors (Lipinski definition) is 18. The second-order valence-electron chi connectivity index (χ2n) is 25.9. The van der Waals surface area contributed by atoms with Crippen LogP contribution in [0.3, 0.4) is 0 Å². The molecule has 4 atom stereocenters. The summed E-state index contributed by atoms with van der Waals surface area (Å²) in [6, 6.07) is 18.3. The number of likely N-dealkylation sites (tertiary alicyclic amines) is 1. The van der Waals surface area contributed by atoms with Crippen molar-refractivity contribution in [2.24, 2.45) is 22.7 Å². The van der Waals surface area contributed by atoms with Crippen LogP contribution in [0.1, 0.15) is 122 Å². The summed E-state index contributed by atoms with van der Waals surface area (Å²) in [4.78, 5) is 90.9. The summed E-state index contributed by atoms with van der Waals surface area (Å²) in [5.74, 6) is 4.68. The number of piperazine rings is 1. The van der Waals surface area contributed by atoms with Gasteiger partial charge in [0.25, 0.3) is 0 Å². The molecule has 476 valence electrons. The van der Waals surface area contributed by atoms with Gasteiger partial charge < -0.3 is 45.6 Å². The maximum absolute atomic E-state index is 15.3. The van der Waals surface area contributed by atoms with Gasteiger partial charge in [-0.1, -0.05) is 80.3 Å². The van der Waals surface area contributed by atoms with Gasteiger partial charge in [0.1, 0.15) is 12.1 Å². The van der Waals surface area contributed by atoms with Crippen molar-refractivity contribution in [2.75, 3.05) is 62.6 Å². The van der Waals surface area contributed by atoms with Crippen LogP contribution in [0.15, 0.2) is 72.2 Å². The smallest absolute Gasteiger partial charge is 0.355 e. The van der Waals surface area contributed by atoms with Crippen molar-refractivity contribution in [3.8, 4) is 28.0 Å². The Morgan fingerprint density at radius 1 is 0.901 bits per heavy atom. The third-order valence-corrected chi connectivity index (χ3v) is 21.5. The van der Waals surface area contributed by atoms with Crippen molar-refractivity contribution in [3.63, 3.8) is 0 Å². The van der Waals surface area contributed by atoms with Gasteiger partial charge in [0, 0.05) is 79.1 Å². The van der Waals surface area contributed by atoms with Crippen LogP contribution in [0.25, 0.3) is 20.7 Å². The number of nitrogens with zero attached hydrogens (tertiary/aromatic N) is 9.